The van der Waals surface area contributed by atoms with E-state index in [-0.39, 0.29) is 12.1 Å². The SMILES string of the molecule is CCCCN(C)CC(CO)(NCC)c1ccccc1. The highest BCUT2D eigenvalue weighted by atomic mass is 16.3. The van der Waals surface area contributed by atoms with E-state index < -0.39 is 0 Å². The monoisotopic (exact) mass is 264 g/mol. The molecule has 3 heteroatoms. The van der Waals surface area contributed by atoms with E-state index in [0.717, 1.165) is 25.2 Å². The number of aliphatic hydroxyl groups is 1. The fourth-order valence-electron chi connectivity index (χ4n) is 2.51. The van der Waals surface area contributed by atoms with Gasteiger partial charge in [0.25, 0.3) is 0 Å². The van der Waals surface area contributed by atoms with Gasteiger partial charge in [0.1, 0.15) is 0 Å². The number of rotatable bonds is 9. The summed E-state index contributed by atoms with van der Waals surface area (Å²) in [5.74, 6) is 0. The Morgan fingerprint density at radius 2 is 1.89 bits per heavy atom. The molecule has 0 aliphatic carbocycles. The molecule has 0 saturated heterocycles. The van der Waals surface area contributed by atoms with Crippen molar-refractivity contribution in [2.24, 2.45) is 0 Å². The van der Waals surface area contributed by atoms with Crippen molar-refractivity contribution >= 4 is 0 Å². The molecule has 0 radical (unpaired) electrons. The molecule has 1 unspecified atom stereocenters. The Morgan fingerprint density at radius 3 is 2.42 bits per heavy atom. The largest absolute Gasteiger partial charge is 0.394 e. The van der Waals surface area contributed by atoms with Crippen LogP contribution < -0.4 is 5.32 Å². The lowest BCUT2D eigenvalue weighted by Gasteiger charge is -2.37. The van der Waals surface area contributed by atoms with Crippen molar-refractivity contribution in [2.75, 3.05) is 33.3 Å². The molecule has 1 rings (SSSR count). The minimum absolute atomic E-state index is 0.112. The van der Waals surface area contributed by atoms with Gasteiger partial charge < -0.3 is 15.3 Å². The molecular weight excluding hydrogens is 236 g/mol. The zero-order valence-electron chi connectivity index (χ0n) is 12.5. The molecule has 3 nitrogen and oxygen atoms in total. The zero-order valence-corrected chi connectivity index (χ0v) is 12.5. The molecule has 1 atom stereocenters. The minimum atomic E-state index is -0.363. The molecule has 108 valence electrons. The molecule has 0 heterocycles. The molecule has 0 aromatic heterocycles. The van der Waals surface area contributed by atoms with Crippen LogP contribution in [0.2, 0.25) is 0 Å². The van der Waals surface area contributed by atoms with E-state index in [2.05, 4.69) is 43.2 Å². The summed E-state index contributed by atoms with van der Waals surface area (Å²) in [6, 6.07) is 10.3. The van der Waals surface area contributed by atoms with Gasteiger partial charge in [-0.25, -0.2) is 0 Å². The van der Waals surface area contributed by atoms with Crippen LogP contribution in [0.4, 0.5) is 0 Å². The fraction of sp³-hybridized carbons (Fsp3) is 0.625. The molecule has 0 fully saturated rings. The Bertz CT molecular complexity index is 342. The fourth-order valence-corrected chi connectivity index (χ4v) is 2.51. The van der Waals surface area contributed by atoms with E-state index in [1.54, 1.807) is 0 Å². The van der Waals surface area contributed by atoms with Crippen LogP contribution in [0.3, 0.4) is 0 Å². The van der Waals surface area contributed by atoms with Crippen molar-refractivity contribution < 1.29 is 5.11 Å². The van der Waals surface area contributed by atoms with Crippen molar-refractivity contribution in [3.63, 3.8) is 0 Å². The van der Waals surface area contributed by atoms with Crippen LogP contribution in [-0.4, -0.2) is 43.3 Å². The van der Waals surface area contributed by atoms with E-state index >= 15 is 0 Å². The van der Waals surface area contributed by atoms with E-state index in [9.17, 15) is 5.11 Å². The van der Waals surface area contributed by atoms with Crippen LogP contribution in [0, 0.1) is 0 Å². The summed E-state index contributed by atoms with van der Waals surface area (Å²) in [6.45, 7) is 7.13. The molecule has 0 aliphatic heterocycles. The number of unbranched alkanes of at least 4 members (excludes halogenated alkanes) is 1. The van der Waals surface area contributed by atoms with Gasteiger partial charge in [-0.15, -0.1) is 0 Å². The van der Waals surface area contributed by atoms with Gasteiger partial charge in [0.2, 0.25) is 0 Å². The van der Waals surface area contributed by atoms with Gasteiger partial charge in [0.05, 0.1) is 12.1 Å². The second kappa shape index (κ2) is 8.31. The molecular formula is C16H28N2O. The maximum absolute atomic E-state index is 9.95. The summed E-state index contributed by atoms with van der Waals surface area (Å²) in [7, 11) is 2.13. The van der Waals surface area contributed by atoms with Gasteiger partial charge in [-0.05, 0) is 32.1 Å². The van der Waals surface area contributed by atoms with E-state index in [1.165, 1.54) is 12.8 Å². The van der Waals surface area contributed by atoms with Gasteiger partial charge >= 0.3 is 0 Å². The van der Waals surface area contributed by atoms with Crippen molar-refractivity contribution in [3.05, 3.63) is 35.9 Å². The maximum Gasteiger partial charge on any atom is 0.0797 e. The number of aliphatic hydroxyl groups excluding tert-OH is 1. The molecule has 1 aromatic carbocycles. The summed E-state index contributed by atoms with van der Waals surface area (Å²) in [4.78, 5) is 2.30. The van der Waals surface area contributed by atoms with Crippen molar-refractivity contribution in [1.82, 2.24) is 10.2 Å². The number of nitrogens with zero attached hydrogens (tertiary/aromatic N) is 1. The standard InChI is InChI=1S/C16H28N2O/c1-4-6-12-18(3)13-16(14-19,17-5-2)15-10-8-7-9-11-15/h7-11,17,19H,4-6,12-14H2,1-3H3. The first-order valence-electron chi connectivity index (χ1n) is 7.28. The normalized spacial score (nSPS) is 14.6. The van der Waals surface area contributed by atoms with E-state index in [0.29, 0.717) is 0 Å². The van der Waals surface area contributed by atoms with Crippen LogP contribution in [0.1, 0.15) is 32.3 Å². The van der Waals surface area contributed by atoms with Gasteiger partial charge in [0, 0.05) is 6.54 Å². The lowest BCUT2D eigenvalue weighted by Crippen LogP contribution is -2.53. The second-order valence-corrected chi connectivity index (χ2v) is 5.23. The smallest absolute Gasteiger partial charge is 0.0797 e. The van der Waals surface area contributed by atoms with Crippen LogP contribution in [-0.2, 0) is 5.54 Å². The number of likely N-dealkylation sites (N-methyl/N-ethyl adjacent to an activating group) is 2. The van der Waals surface area contributed by atoms with Crippen molar-refractivity contribution in [2.45, 2.75) is 32.2 Å². The average Bonchev–Trinajstić information content (AvgIpc) is 2.45. The number of hydrogen-bond donors (Lipinski definition) is 2. The van der Waals surface area contributed by atoms with Crippen molar-refractivity contribution in [1.29, 1.82) is 0 Å². The molecule has 0 spiro atoms. The highest BCUT2D eigenvalue weighted by molar-refractivity contribution is 5.25. The van der Waals surface area contributed by atoms with E-state index in [1.807, 2.05) is 18.2 Å². The second-order valence-electron chi connectivity index (χ2n) is 5.23. The molecule has 19 heavy (non-hydrogen) atoms. The third-order valence-corrected chi connectivity index (χ3v) is 3.54. The third kappa shape index (κ3) is 4.60. The average molecular weight is 264 g/mol. The number of hydrogen-bond acceptors (Lipinski definition) is 3. The van der Waals surface area contributed by atoms with Gasteiger partial charge in [-0.3, -0.25) is 0 Å². The minimum Gasteiger partial charge on any atom is -0.394 e. The number of benzene rings is 1. The predicted molar refractivity (Wildman–Crippen MR) is 81.3 cm³/mol. The van der Waals surface area contributed by atoms with Gasteiger partial charge in [-0.2, -0.15) is 0 Å². The predicted octanol–water partition coefficient (Wildman–Crippen LogP) is 2.22. The Morgan fingerprint density at radius 1 is 1.21 bits per heavy atom. The summed E-state index contributed by atoms with van der Waals surface area (Å²) < 4.78 is 0. The Labute approximate surface area is 117 Å². The molecule has 2 N–H and O–H groups in total. The summed E-state index contributed by atoms with van der Waals surface area (Å²) in [5.41, 5.74) is 0.793. The van der Waals surface area contributed by atoms with Crippen LogP contribution in [0.15, 0.2) is 30.3 Å². The highest BCUT2D eigenvalue weighted by Crippen LogP contribution is 2.22. The molecule has 0 saturated carbocycles. The lowest BCUT2D eigenvalue weighted by atomic mass is 9.89. The Hall–Kier alpha value is -0.900. The van der Waals surface area contributed by atoms with Crippen LogP contribution >= 0.6 is 0 Å². The Kier molecular flexibility index (Phi) is 7.06. The van der Waals surface area contributed by atoms with Gasteiger partial charge in [-0.1, -0.05) is 50.6 Å². The van der Waals surface area contributed by atoms with E-state index in [4.69, 9.17) is 0 Å². The lowest BCUT2D eigenvalue weighted by molar-refractivity contribution is 0.119. The third-order valence-electron chi connectivity index (χ3n) is 3.54. The molecule has 1 aromatic rings. The number of nitrogens with one attached hydrogen (secondary N) is 1. The summed E-state index contributed by atoms with van der Waals surface area (Å²) in [6.07, 6.45) is 2.39. The molecule has 0 amide bonds. The molecule has 0 bridgehead atoms. The quantitative estimate of drug-likeness (QED) is 0.718. The first-order chi connectivity index (χ1) is 9.18. The zero-order chi connectivity index (χ0) is 14.1. The maximum atomic E-state index is 9.95. The molecule has 0 aliphatic rings. The first-order valence-corrected chi connectivity index (χ1v) is 7.28. The first kappa shape index (κ1) is 16.2. The van der Waals surface area contributed by atoms with Crippen LogP contribution in [0.5, 0.6) is 0 Å². The van der Waals surface area contributed by atoms with Crippen molar-refractivity contribution in [3.8, 4) is 0 Å². The highest BCUT2D eigenvalue weighted by Gasteiger charge is 2.31. The summed E-state index contributed by atoms with van der Waals surface area (Å²) in [5, 5.41) is 13.4. The Balaban J connectivity index is 2.86. The van der Waals surface area contributed by atoms with Crippen LogP contribution in [0.25, 0.3) is 0 Å². The topological polar surface area (TPSA) is 35.5 Å². The van der Waals surface area contributed by atoms with Gasteiger partial charge in [0.15, 0.2) is 0 Å². The summed E-state index contributed by atoms with van der Waals surface area (Å²) >= 11 is 0.